The topological polar surface area (TPSA) is 95.5 Å². The van der Waals surface area contributed by atoms with Gasteiger partial charge in [0, 0.05) is 11.1 Å². The monoisotopic (exact) mass is 438 g/mol. The summed E-state index contributed by atoms with van der Waals surface area (Å²) in [5.41, 5.74) is 1.95. The predicted octanol–water partition coefficient (Wildman–Crippen LogP) is 4.50. The Balaban J connectivity index is 2.16. The normalized spacial score (nSPS) is 13.3. The molecule has 0 aliphatic carbocycles. The molecule has 2 rings (SSSR count). The molecule has 0 radical (unpaired) electrons. The molecular formula is C26H34N2O4. The first kappa shape index (κ1) is 25.1. The van der Waals surface area contributed by atoms with Gasteiger partial charge in [0.25, 0.3) is 5.91 Å². The van der Waals surface area contributed by atoms with Crippen LogP contribution in [-0.4, -0.2) is 34.5 Å². The standard InChI is InChI=1S/C26H34N2O4/c1-17(2)16-26(4,5)28-24(30)22(15-18(3)25(31)32)27-23(29)21-13-11-20(12-14-21)19-9-7-6-8-10-19/h6-14,17-18,22H,15-16H2,1-5H3,(H,27,29)(H,28,30)(H,31,32)/t18-,22-/m0/s1. The summed E-state index contributed by atoms with van der Waals surface area (Å²) in [5, 5.41) is 15.0. The number of carboxylic acid groups (broad SMARTS) is 1. The number of rotatable bonds is 10. The first-order valence-corrected chi connectivity index (χ1v) is 11.0. The molecule has 0 aliphatic rings. The van der Waals surface area contributed by atoms with Crippen molar-refractivity contribution in [1.29, 1.82) is 0 Å². The van der Waals surface area contributed by atoms with Crippen molar-refractivity contribution in [2.75, 3.05) is 0 Å². The molecule has 172 valence electrons. The smallest absolute Gasteiger partial charge is 0.306 e. The lowest BCUT2D eigenvalue weighted by atomic mass is 9.91. The van der Waals surface area contributed by atoms with E-state index in [0.717, 1.165) is 17.5 Å². The summed E-state index contributed by atoms with van der Waals surface area (Å²) in [4.78, 5) is 37.2. The lowest BCUT2D eigenvalue weighted by Crippen LogP contribution is -2.54. The number of carbonyl (C=O) groups is 3. The predicted molar refractivity (Wildman–Crippen MR) is 126 cm³/mol. The zero-order chi connectivity index (χ0) is 23.9. The summed E-state index contributed by atoms with van der Waals surface area (Å²) in [6.45, 7) is 9.51. The van der Waals surface area contributed by atoms with Gasteiger partial charge in [-0.1, -0.05) is 63.2 Å². The van der Waals surface area contributed by atoms with E-state index in [-0.39, 0.29) is 12.3 Å². The third-order valence-corrected chi connectivity index (χ3v) is 5.27. The fraction of sp³-hybridized carbons (Fsp3) is 0.423. The number of amides is 2. The van der Waals surface area contributed by atoms with Crippen molar-refractivity contribution in [3.63, 3.8) is 0 Å². The molecule has 6 heteroatoms. The number of hydrogen-bond acceptors (Lipinski definition) is 3. The molecule has 32 heavy (non-hydrogen) atoms. The van der Waals surface area contributed by atoms with Gasteiger partial charge in [0.2, 0.25) is 5.91 Å². The molecule has 0 unspecified atom stereocenters. The van der Waals surface area contributed by atoms with Crippen LogP contribution in [0.3, 0.4) is 0 Å². The second-order valence-corrected chi connectivity index (χ2v) is 9.42. The number of carbonyl (C=O) groups excluding carboxylic acids is 2. The summed E-state index contributed by atoms with van der Waals surface area (Å²) in [5.74, 6) is -2.20. The molecule has 0 spiro atoms. The molecule has 0 bridgehead atoms. The highest BCUT2D eigenvalue weighted by atomic mass is 16.4. The maximum Gasteiger partial charge on any atom is 0.306 e. The van der Waals surface area contributed by atoms with Crippen molar-refractivity contribution >= 4 is 17.8 Å². The van der Waals surface area contributed by atoms with E-state index in [1.807, 2.05) is 56.3 Å². The van der Waals surface area contributed by atoms with Crippen LogP contribution in [0.2, 0.25) is 0 Å². The van der Waals surface area contributed by atoms with Gasteiger partial charge in [0.1, 0.15) is 6.04 Å². The number of hydrogen-bond donors (Lipinski definition) is 3. The lowest BCUT2D eigenvalue weighted by Gasteiger charge is -2.31. The quantitative estimate of drug-likeness (QED) is 0.509. The molecule has 0 heterocycles. The third-order valence-electron chi connectivity index (χ3n) is 5.27. The van der Waals surface area contributed by atoms with Crippen molar-refractivity contribution < 1.29 is 19.5 Å². The van der Waals surface area contributed by atoms with Crippen LogP contribution in [0.15, 0.2) is 54.6 Å². The fourth-order valence-electron chi connectivity index (χ4n) is 3.86. The Labute approximate surface area is 190 Å². The molecule has 3 N–H and O–H groups in total. The van der Waals surface area contributed by atoms with Crippen molar-refractivity contribution in [1.82, 2.24) is 10.6 Å². The number of carboxylic acids is 1. The van der Waals surface area contributed by atoms with Crippen molar-refractivity contribution in [2.45, 2.75) is 59.0 Å². The van der Waals surface area contributed by atoms with Gasteiger partial charge in [-0.2, -0.15) is 0 Å². The molecule has 0 fully saturated rings. The molecule has 6 nitrogen and oxygen atoms in total. The minimum absolute atomic E-state index is 0.00671. The van der Waals surface area contributed by atoms with Gasteiger partial charge >= 0.3 is 5.97 Å². The molecule has 0 saturated heterocycles. The van der Waals surface area contributed by atoms with Gasteiger partial charge in [-0.3, -0.25) is 14.4 Å². The number of aliphatic carboxylic acids is 1. The highest BCUT2D eigenvalue weighted by Gasteiger charge is 2.30. The van der Waals surface area contributed by atoms with Crippen LogP contribution < -0.4 is 10.6 Å². The minimum atomic E-state index is -1.01. The molecule has 2 aromatic carbocycles. The SMILES string of the molecule is CC(C)CC(C)(C)NC(=O)[C@H](C[C@H](C)C(=O)O)NC(=O)c1ccc(-c2ccccc2)cc1. The zero-order valence-electron chi connectivity index (χ0n) is 19.5. The fourth-order valence-corrected chi connectivity index (χ4v) is 3.86. The lowest BCUT2D eigenvalue weighted by molar-refractivity contribution is -0.141. The Hall–Kier alpha value is -3.15. The van der Waals surface area contributed by atoms with E-state index in [1.54, 1.807) is 12.1 Å². The van der Waals surface area contributed by atoms with Crippen LogP contribution in [0, 0.1) is 11.8 Å². The van der Waals surface area contributed by atoms with Gasteiger partial charge < -0.3 is 15.7 Å². The second kappa shape index (κ2) is 10.9. The average molecular weight is 439 g/mol. The Bertz CT molecular complexity index is 921. The minimum Gasteiger partial charge on any atom is -0.481 e. The molecular weight excluding hydrogens is 404 g/mol. The Morgan fingerprint density at radius 2 is 1.47 bits per heavy atom. The Kier molecular flexibility index (Phi) is 8.58. The van der Waals surface area contributed by atoms with E-state index >= 15 is 0 Å². The van der Waals surface area contributed by atoms with Crippen molar-refractivity contribution in [2.24, 2.45) is 11.8 Å². The van der Waals surface area contributed by atoms with Gasteiger partial charge in [0.15, 0.2) is 0 Å². The molecule has 0 saturated carbocycles. The molecule has 0 aliphatic heterocycles. The van der Waals surface area contributed by atoms with E-state index in [2.05, 4.69) is 24.5 Å². The molecule has 2 aromatic rings. The summed E-state index contributed by atoms with van der Waals surface area (Å²) in [7, 11) is 0. The Morgan fingerprint density at radius 1 is 0.906 bits per heavy atom. The largest absolute Gasteiger partial charge is 0.481 e. The van der Waals surface area contributed by atoms with E-state index in [9.17, 15) is 19.5 Å². The van der Waals surface area contributed by atoms with E-state index in [4.69, 9.17) is 0 Å². The first-order chi connectivity index (χ1) is 15.0. The summed E-state index contributed by atoms with van der Waals surface area (Å²) in [6, 6.07) is 16.0. The number of benzene rings is 2. The first-order valence-electron chi connectivity index (χ1n) is 11.0. The molecule has 2 atom stereocenters. The summed E-state index contributed by atoms with van der Waals surface area (Å²) in [6.07, 6.45) is 0.765. The average Bonchev–Trinajstić information content (AvgIpc) is 2.72. The van der Waals surface area contributed by atoms with Gasteiger partial charge in [-0.05, 0) is 55.9 Å². The van der Waals surface area contributed by atoms with E-state index in [0.29, 0.717) is 11.5 Å². The van der Waals surface area contributed by atoms with Crippen LogP contribution in [0.25, 0.3) is 11.1 Å². The van der Waals surface area contributed by atoms with Crippen molar-refractivity contribution in [3.05, 3.63) is 60.2 Å². The van der Waals surface area contributed by atoms with Gasteiger partial charge in [0.05, 0.1) is 5.92 Å². The Morgan fingerprint density at radius 3 is 2.00 bits per heavy atom. The summed E-state index contributed by atoms with van der Waals surface area (Å²) >= 11 is 0. The van der Waals surface area contributed by atoms with Gasteiger partial charge in [-0.25, -0.2) is 0 Å². The van der Waals surface area contributed by atoms with Gasteiger partial charge in [-0.15, -0.1) is 0 Å². The molecule has 2 amide bonds. The highest BCUT2D eigenvalue weighted by molar-refractivity contribution is 5.98. The zero-order valence-corrected chi connectivity index (χ0v) is 19.5. The van der Waals surface area contributed by atoms with Crippen LogP contribution >= 0.6 is 0 Å². The van der Waals surface area contributed by atoms with Crippen molar-refractivity contribution in [3.8, 4) is 11.1 Å². The van der Waals surface area contributed by atoms with Crippen LogP contribution in [0.1, 0.15) is 57.8 Å². The van der Waals surface area contributed by atoms with Crippen LogP contribution in [-0.2, 0) is 9.59 Å². The van der Waals surface area contributed by atoms with E-state index in [1.165, 1.54) is 6.92 Å². The maximum absolute atomic E-state index is 13.0. The maximum atomic E-state index is 13.0. The number of nitrogens with one attached hydrogen (secondary N) is 2. The third kappa shape index (κ3) is 7.52. The van der Waals surface area contributed by atoms with Crippen LogP contribution in [0.5, 0.6) is 0 Å². The highest BCUT2D eigenvalue weighted by Crippen LogP contribution is 2.20. The molecule has 0 aromatic heterocycles. The van der Waals surface area contributed by atoms with Crippen LogP contribution in [0.4, 0.5) is 0 Å². The summed E-state index contributed by atoms with van der Waals surface area (Å²) < 4.78 is 0. The van der Waals surface area contributed by atoms with E-state index < -0.39 is 29.4 Å². The second-order valence-electron chi connectivity index (χ2n) is 9.42.